The van der Waals surface area contributed by atoms with E-state index in [0.29, 0.717) is 48.1 Å². The summed E-state index contributed by atoms with van der Waals surface area (Å²) in [6.07, 6.45) is 8.41. The summed E-state index contributed by atoms with van der Waals surface area (Å²) in [6.45, 7) is 5.91. The van der Waals surface area contributed by atoms with Crippen molar-refractivity contribution in [3.8, 4) is 22.6 Å². The number of Topliss-reactive ketones (excluding diaryl/α,β-unsaturated/α-hetero) is 1. The largest absolute Gasteiger partial charge is 0.481 e. The lowest BCUT2D eigenvalue weighted by atomic mass is 9.99. The van der Waals surface area contributed by atoms with Gasteiger partial charge in [-0.3, -0.25) is 14.4 Å². The Morgan fingerprint density at radius 1 is 0.758 bits per heavy atom. The summed E-state index contributed by atoms with van der Waals surface area (Å²) < 4.78 is 19.5. The maximum Gasteiger partial charge on any atom is 0.306 e. The molecule has 1 aliphatic heterocycles. The number of carboxylic acids is 1. The molecule has 330 valence electrons. The number of nitrogens with one attached hydrogen (secondary N) is 1. The van der Waals surface area contributed by atoms with E-state index >= 15 is 0 Å². The number of anilines is 1. The summed E-state index contributed by atoms with van der Waals surface area (Å²) in [5.41, 5.74) is 6.17. The number of aromatic nitrogens is 1. The van der Waals surface area contributed by atoms with Gasteiger partial charge in [0.15, 0.2) is 12.1 Å². The average Bonchev–Trinajstić information content (AvgIpc) is 3.75. The Morgan fingerprint density at radius 3 is 1.97 bits per heavy atom. The second kappa shape index (κ2) is 25.8. The highest BCUT2D eigenvalue weighted by atomic mass is 32.2. The molecule has 3 atom stereocenters. The number of aliphatic carboxylic acids is 1. The van der Waals surface area contributed by atoms with Crippen molar-refractivity contribution < 1.29 is 38.5 Å². The first kappa shape index (κ1) is 48.0. The number of rotatable bonds is 22. The predicted molar refractivity (Wildman–Crippen MR) is 246 cm³/mol. The van der Waals surface area contributed by atoms with Crippen molar-refractivity contribution in [1.82, 2.24) is 4.98 Å². The number of aliphatic hydroxyl groups is 1. The topological polar surface area (TPSA) is 148 Å². The lowest BCUT2D eigenvalue weighted by molar-refractivity contribution is -0.245. The van der Waals surface area contributed by atoms with E-state index in [1.54, 1.807) is 0 Å². The van der Waals surface area contributed by atoms with Crippen molar-refractivity contribution in [2.24, 2.45) is 5.92 Å². The number of unbranched alkanes of at least 4 members (excludes halogenated alkanes) is 3. The lowest BCUT2D eigenvalue weighted by Gasteiger charge is -2.36. The highest BCUT2D eigenvalue weighted by molar-refractivity contribution is 7.99. The second-order valence-corrected chi connectivity index (χ2v) is 16.6. The Kier molecular flexibility index (Phi) is 19.9. The molecule has 5 aromatic rings. The van der Waals surface area contributed by atoms with Crippen LogP contribution in [0.5, 0.6) is 0 Å². The number of nitrogens with zero attached hydrogens (tertiary/aromatic N) is 1. The van der Waals surface area contributed by atoms with Gasteiger partial charge < -0.3 is 29.4 Å². The van der Waals surface area contributed by atoms with Crippen LogP contribution in [0.4, 0.5) is 5.69 Å². The van der Waals surface area contributed by atoms with Gasteiger partial charge in [-0.15, -0.1) is 0 Å². The third kappa shape index (κ3) is 15.1. The number of carbonyl (C=O) groups excluding carboxylic acids is 2. The maximum absolute atomic E-state index is 12.6. The first-order valence-corrected chi connectivity index (χ1v) is 23.1. The summed E-state index contributed by atoms with van der Waals surface area (Å²) in [5.74, 6) is 0.863. The fraction of sp³-hybridized carbons (Fsp3) is 0.412. The van der Waals surface area contributed by atoms with Crippen LogP contribution in [0.25, 0.3) is 22.6 Å². The number of aliphatic hydroxyl groups excluding tert-OH is 1. The molecule has 11 heteroatoms. The zero-order valence-electron chi connectivity index (χ0n) is 36.3. The number of hydrogen-bond acceptors (Lipinski definition) is 9. The highest BCUT2D eigenvalue weighted by Gasteiger charge is 2.33. The molecule has 0 radical (unpaired) electrons. The van der Waals surface area contributed by atoms with Crippen molar-refractivity contribution in [3.05, 3.63) is 126 Å². The van der Waals surface area contributed by atoms with E-state index in [0.717, 1.165) is 90.6 Å². The predicted octanol–water partition coefficient (Wildman–Crippen LogP) is 12.4. The molecule has 1 saturated heterocycles. The van der Waals surface area contributed by atoms with E-state index in [1.165, 1.54) is 11.8 Å². The molecule has 0 aliphatic carbocycles. The zero-order chi connectivity index (χ0) is 44.1. The quantitative estimate of drug-likeness (QED) is 0.0453. The average molecular weight is 863 g/mol. The first-order valence-electron chi connectivity index (χ1n) is 22.1. The fourth-order valence-electron chi connectivity index (χ4n) is 7.30. The molecule has 1 amide bonds. The number of amides is 1. The molecule has 62 heavy (non-hydrogen) atoms. The van der Waals surface area contributed by atoms with Crippen LogP contribution in [0, 0.1) is 5.92 Å². The van der Waals surface area contributed by atoms with Crippen LogP contribution < -0.4 is 5.32 Å². The monoisotopic (exact) mass is 862 g/mol. The first-order chi connectivity index (χ1) is 30.2. The van der Waals surface area contributed by atoms with Crippen LogP contribution in [-0.4, -0.2) is 44.7 Å². The molecule has 2 unspecified atom stereocenters. The van der Waals surface area contributed by atoms with E-state index in [-0.39, 0.29) is 30.6 Å². The number of ketones is 1. The van der Waals surface area contributed by atoms with E-state index in [4.69, 9.17) is 24.0 Å². The van der Waals surface area contributed by atoms with Gasteiger partial charge in [0.1, 0.15) is 11.5 Å². The highest BCUT2D eigenvalue weighted by Crippen LogP contribution is 2.41. The minimum Gasteiger partial charge on any atom is -0.481 e. The minimum absolute atomic E-state index is 0.0208. The van der Waals surface area contributed by atoms with Gasteiger partial charge in [-0.1, -0.05) is 155 Å². The van der Waals surface area contributed by atoms with Gasteiger partial charge in [-0.2, -0.15) is 0 Å². The maximum atomic E-state index is 12.6. The number of thioether (sulfide) groups is 1. The molecular formula is C51H62N2O8S. The van der Waals surface area contributed by atoms with Crippen LogP contribution in [0.15, 0.2) is 119 Å². The molecule has 0 spiro atoms. The Hall–Kier alpha value is -5.07. The minimum atomic E-state index is -0.635. The molecule has 6 rings (SSSR count). The standard InChI is InChI=1S/C43H46N2O6S.C8H16O2/c1-2-36(47)17-11-3-4-12-18-39(48)44-35-25-23-34(24-26-35)42-49-37(27-38(50-42)31-21-19-30(28-46)20-22-31)29-52-43-45-40(32-13-7-5-8-14-32)41(51-43)33-15-9-6-10-16-33;1-3-5-7(6-4-2)8(9)10/h5-10,13-16,19-26,37-38,42,46H,2-4,11-12,17-18,27-29H2,1H3,(H,44,48);7H,3-6H2,1-2H3,(H,9,10)/t37-,38?,42?;/m1./s1. The number of carboxylic acid groups (broad SMARTS) is 1. The molecule has 1 fully saturated rings. The van der Waals surface area contributed by atoms with Crippen LogP contribution in [0.2, 0.25) is 0 Å². The molecule has 1 aliphatic rings. The van der Waals surface area contributed by atoms with E-state index in [9.17, 15) is 19.5 Å². The molecule has 2 heterocycles. The third-order valence-electron chi connectivity index (χ3n) is 10.8. The third-order valence-corrected chi connectivity index (χ3v) is 11.8. The number of oxazole rings is 1. The van der Waals surface area contributed by atoms with E-state index in [1.807, 2.05) is 130 Å². The summed E-state index contributed by atoms with van der Waals surface area (Å²) in [6, 6.07) is 35.5. The van der Waals surface area contributed by atoms with Crippen LogP contribution in [0.1, 0.15) is 127 Å². The van der Waals surface area contributed by atoms with Gasteiger partial charge >= 0.3 is 5.97 Å². The molecule has 0 bridgehead atoms. The Labute approximate surface area is 370 Å². The van der Waals surface area contributed by atoms with Crippen molar-refractivity contribution in [1.29, 1.82) is 0 Å². The van der Waals surface area contributed by atoms with Gasteiger partial charge in [-0.25, -0.2) is 4.98 Å². The molecular weight excluding hydrogens is 801 g/mol. The van der Waals surface area contributed by atoms with Gasteiger partial charge in [0.2, 0.25) is 5.91 Å². The second-order valence-electron chi connectivity index (χ2n) is 15.6. The smallest absolute Gasteiger partial charge is 0.306 e. The number of carbonyl (C=O) groups is 3. The van der Waals surface area contributed by atoms with Gasteiger partial charge in [0.05, 0.1) is 24.7 Å². The normalized spacial score (nSPS) is 16.0. The molecule has 4 aromatic carbocycles. The number of ether oxygens (including phenoxy) is 2. The van der Waals surface area contributed by atoms with Crippen LogP contribution in [-0.2, 0) is 30.5 Å². The SMILES string of the molecule is CCC(=O)CCCCCCC(=O)Nc1ccc(C2OC(c3ccc(CO)cc3)C[C@H](CSc3nc(-c4ccccc4)c(-c4ccccc4)o3)O2)cc1.CCCC(CCC)C(=O)O. The summed E-state index contributed by atoms with van der Waals surface area (Å²) in [5, 5.41) is 21.8. The number of benzene rings is 4. The molecule has 10 nitrogen and oxygen atoms in total. The lowest BCUT2D eigenvalue weighted by Crippen LogP contribution is -2.31. The molecule has 3 N–H and O–H groups in total. The van der Waals surface area contributed by atoms with Crippen molar-refractivity contribution in [3.63, 3.8) is 0 Å². The van der Waals surface area contributed by atoms with Crippen molar-refractivity contribution >= 4 is 35.1 Å². The zero-order valence-corrected chi connectivity index (χ0v) is 37.1. The number of hydrogen-bond donors (Lipinski definition) is 3. The van der Waals surface area contributed by atoms with Gasteiger partial charge in [0, 0.05) is 53.8 Å². The summed E-state index contributed by atoms with van der Waals surface area (Å²) in [4.78, 5) is 39.5. The Morgan fingerprint density at radius 2 is 1.37 bits per heavy atom. The fourth-order valence-corrected chi connectivity index (χ4v) is 8.14. The van der Waals surface area contributed by atoms with Crippen LogP contribution >= 0.6 is 11.8 Å². The molecule has 1 aromatic heterocycles. The summed E-state index contributed by atoms with van der Waals surface area (Å²) in [7, 11) is 0. The van der Waals surface area contributed by atoms with E-state index in [2.05, 4.69) is 5.32 Å². The van der Waals surface area contributed by atoms with Gasteiger partial charge in [-0.05, 0) is 48.9 Å². The van der Waals surface area contributed by atoms with Crippen molar-refractivity contribution in [2.75, 3.05) is 11.1 Å². The van der Waals surface area contributed by atoms with Crippen molar-refractivity contribution in [2.45, 2.75) is 128 Å². The molecule has 0 saturated carbocycles. The van der Waals surface area contributed by atoms with Crippen LogP contribution in [0.3, 0.4) is 0 Å². The van der Waals surface area contributed by atoms with Gasteiger partial charge in [0.25, 0.3) is 5.22 Å². The Bertz CT molecular complexity index is 2030. The summed E-state index contributed by atoms with van der Waals surface area (Å²) >= 11 is 1.52. The Balaban J connectivity index is 0.000000646. The van der Waals surface area contributed by atoms with E-state index < -0.39 is 12.3 Å².